The Hall–Kier alpha value is -2.96. The quantitative estimate of drug-likeness (QED) is 0.626. The molecule has 20 heavy (non-hydrogen) atoms. The molecule has 0 aliphatic carbocycles. The molecule has 0 atom stereocenters. The number of nitrogens with zero attached hydrogens (tertiary/aromatic N) is 2. The van der Waals surface area contributed by atoms with Crippen LogP contribution >= 0.6 is 0 Å². The minimum absolute atomic E-state index is 0.0238. The van der Waals surface area contributed by atoms with Crippen LogP contribution in [0.25, 0.3) is 0 Å². The maximum Gasteiger partial charge on any atom is 0.314 e. The first-order valence-corrected chi connectivity index (χ1v) is 5.66. The SMILES string of the molecule is Cc1cccc(Oc2ccccc2[N+](=O)[O-])c1[N+](=O)[O-]. The highest BCUT2D eigenvalue weighted by molar-refractivity contribution is 5.56. The van der Waals surface area contributed by atoms with E-state index >= 15 is 0 Å². The molecule has 0 spiro atoms. The molecule has 0 fully saturated rings. The molecule has 0 aliphatic rings. The molecule has 102 valence electrons. The minimum Gasteiger partial charge on any atom is -0.443 e. The molecule has 0 heterocycles. The van der Waals surface area contributed by atoms with Crippen LogP contribution in [0.15, 0.2) is 42.5 Å². The Bertz CT molecular complexity index is 684. The van der Waals surface area contributed by atoms with E-state index in [9.17, 15) is 20.2 Å². The fraction of sp³-hybridized carbons (Fsp3) is 0.0769. The van der Waals surface area contributed by atoms with Crippen molar-refractivity contribution in [2.75, 3.05) is 0 Å². The summed E-state index contributed by atoms with van der Waals surface area (Å²) >= 11 is 0. The summed E-state index contributed by atoms with van der Waals surface area (Å²) in [6.45, 7) is 1.57. The third kappa shape index (κ3) is 2.56. The average Bonchev–Trinajstić information content (AvgIpc) is 2.38. The number of nitro benzene ring substituents is 2. The van der Waals surface area contributed by atoms with Crippen LogP contribution in [0, 0.1) is 27.2 Å². The molecule has 0 saturated carbocycles. The van der Waals surface area contributed by atoms with E-state index in [2.05, 4.69) is 0 Å². The Morgan fingerprint density at radius 1 is 0.900 bits per heavy atom. The number of para-hydroxylation sites is 3. The highest BCUT2D eigenvalue weighted by Gasteiger charge is 2.22. The summed E-state index contributed by atoms with van der Waals surface area (Å²) in [6, 6.07) is 10.3. The molecule has 0 amide bonds. The second-order valence-electron chi connectivity index (χ2n) is 4.01. The van der Waals surface area contributed by atoms with E-state index in [1.165, 1.54) is 24.3 Å². The first kappa shape index (κ1) is 13.5. The molecule has 0 aromatic heterocycles. The summed E-state index contributed by atoms with van der Waals surface area (Å²) in [5.41, 5.74) is -0.0277. The molecule has 0 radical (unpaired) electrons. The van der Waals surface area contributed by atoms with Gasteiger partial charge in [0.25, 0.3) is 0 Å². The summed E-state index contributed by atoms with van der Waals surface area (Å²) in [4.78, 5) is 20.8. The molecule has 0 N–H and O–H groups in total. The van der Waals surface area contributed by atoms with E-state index in [1.807, 2.05) is 0 Å². The predicted molar refractivity (Wildman–Crippen MR) is 71.0 cm³/mol. The summed E-state index contributed by atoms with van der Waals surface area (Å²) < 4.78 is 5.36. The topological polar surface area (TPSA) is 95.5 Å². The second kappa shape index (κ2) is 5.35. The van der Waals surface area contributed by atoms with Crippen molar-refractivity contribution in [1.82, 2.24) is 0 Å². The van der Waals surface area contributed by atoms with Crippen molar-refractivity contribution >= 4 is 11.4 Å². The molecule has 2 aromatic carbocycles. The smallest absolute Gasteiger partial charge is 0.314 e. The Labute approximate surface area is 113 Å². The lowest BCUT2D eigenvalue weighted by Crippen LogP contribution is -1.98. The lowest BCUT2D eigenvalue weighted by atomic mass is 10.2. The molecule has 7 nitrogen and oxygen atoms in total. The minimum atomic E-state index is -0.600. The Morgan fingerprint density at radius 3 is 2.20 bits per heavy atom. The normalized spacial score (nSPS) is 10.1. The van der Waals surface area contributed by atoms with Crippen LogP contribution in [0.1, 0.15) is 5.56 Å². The van der Waals surface area contributed by atoms with Crippen molar-refractivity contribution in [2.24, 2.45) is 0 Å². The molecule has 0 unspecified atom stereocenters. The van der Waals surface area contributed by atoms with Crippen LogP contribution < -0.4 is 4.74 Å². The van der Waals surface area contributed by atoms with Crippen molar-refractivity contribution in [3.05, 3.63) is 68.3 Å². The third-order valence-electron chi connectivity index (χ3n) is 2.67. The van der Waals surface area contributed by atoms with Crippen molar-refractivity contribution in [3.63, 3.8) is 0 Å². The van der Waals surface area contributed by atoms with Gasteiger partial charge in [-0.2, -0.15) is 0 Å². The van der Waals surface area contributed by atoms with E-state index in [0.29, 0.717) is 5.56 Å². The number of ether oxygens (including phenoxy) is 1. The second-order valence-corrected chi connectivity index (χ2v) is 4.01. The first-order chi connectivity index (χ1) is 9.50. The number of aryl methyl sites for hydroxylation is 1. The summed E-state index contributed by atoms with van der Waals surface area (Å²) in [5.74, 6) is -0.0597. The highest BCUT2D eigenvalue weighted by atomic mass is 16.6. The molecular weight excluding hydrogens is 264 g/mol. The van der Waals surface area contributed by atoms with E-state index in [4.69, 9.17) is 4.74 Å². The molecule has 2 rings (SSSR count). The molecular formula is C13H10N2O5. The number of rotatable bonds is 4. The van der Waals surface area contributed by atoms with Crippen LogP contribution in [-0.2, 0) is 0 Å². The van der Waals surface area contributed by atoms with Gasteiger partial charge >= 0.3 is 11.4 Å². The van der Waals surface area contributed by atoms with Crippen molar-refractivity contribution in [2.45, 2.75) is 6.92 Å². The van der Waals surface area contributed by atoms with Gasteiger partial charge < -0.3 is 4.74 Å². The van der Waals surface area contributed by atoms with Crippen LogP contribution in [0.5, 0.6) is 11.5 Å². The van der Waals surface area contributed by atoms with Gasteiger partial charge in [0.1, 0.15) is 0 Å². The Morgan fingerprint density at radius 2 is 1.55 bits per heavy atom. The van der Waals surface area contributed by atoms with Gasteiger partial charge in [0.2, 0.25) is 11.5 Å². The van der Waals surface area contributed by atoms with Gasteiger partial charge in [-0.15, -0.1) is 0 Å². The Balaban J connectivity index is 2.49. The number of hydrogen-bond donors (Lipinski definition) is 0. The van der Waals surface area contributed by atoms with Crippen molar-refractivity contribution in [3.8, 4) is 11.5 Å². The standard InChI is InChI=1S/C13H10N2O5/c1-9-5-4-8-12(13(9)15(18)19)20-11-7-3-2-6-10(11)14(16)17/h2-8H,1H3. The zero-order valence-electron chi connectivity index (χ0n) is 10.5. The maximum absolute atomic E-state index is 11.0. The molecule has 2 aromatic rings. The van der Waals surface area contributed by atoms with Gasteiger partial charge in [0, 0.05) is 11.6 Å². The van der Waals surface area contributed by atoms with Gasteiger partial charge in [-0.25, -0.2) is 0 Å². The third-order valence-corrected chi connectivity index (χ3v) is 2.67. The van der Waals surface area contributed by atoms with E-state index in [0.717, 1.165) is 0 Å². The van der Waals surface area contributed by atoms with Gasteiger partial charge in [0.05, 0.1) is 9.85 Å². The van der Waals surface area contributed by atoms with Crippen LogP contribution in [0.4, 0.5) is 11.4 Å². The lowest BCUT2D eigenvalue weighted by Gasteiger charge is -2.07. The van der Waals surface area contributed by atoms with Gasteiger partial charge in [-0.3, -0.25) is 20.2 Å². The van der Waals surface area contributed by atoms with Crippen molar-refractivity contribution in [1.29, 1.82) is 0 Å². The average molecular weight is 274 g/mol. The van der Waals surface area contributed by atoms with Crippen LogP contribution in [0.3, 0.4) is 0 Å². The van der Waals surface area contributed by atoms with Crippen LogP contribution in [-0.4, -0.2) is 9.85 Å². The van der Waals surface area contributed by atoms with Crippen LogP contribution in [0.2, 0.25) is 0 Å². The van der Waals surface area contributed by atoms with Gasteiger partial charge in [-0.1, -0.05) is 24.3 Å². The number of benzene rings is 2. The van der Waals surface area contributed by atoms with Gasteiger partial charge in [0.15, 0.2) is 0 Å². The first-order valence-electron chi connectivity index (χ1n) is 5.66. The van der Waals surface area contributed by atoms with E-state index < -0.39 is 9.85 Å². The fourth-order valence-corrected chi connectivity index (χ4v) is 1.76. The summed E-state index contributed by atoms with van der Waals surface area (Å²) in [6.07, 6.45) is 0. The summed E-state index contributed by atoms with van der Waals surface area (Å²) in [5, 5.41) is 21.9. The van der Waals surface area contributed by atoms with Gasteiger partial charge in [-0.05, 0) is 19.1 Å². The fourth-order valence-electron chi connectivity index (χ4n) is 1.76. The Kier molecular flexibility index (Phi) is 3.60. The zero-order chi connectivity index (χ0) is 14.7. The maximum atomic E-state index is 11.0. The monoisotopic (exact) mass is 274 g/mol. The molecule has 0 aliphatic heterocycles. The molecule has 7 heteroatoms. The lowest BCUT2D eigenvalue weighted by molar-refractivity contribution is -0.387. The van der Waals surface area contributed by atoms with E-state index in [-0.39, 0.29) is 22.9 Å². The van der Waals surface area contributed by atoms with Crippen molar-refractivity contribution < 1.29 is 14.6 Å². The largest absolute Gasteiger partial charge is 0.443 e. The molecule has 0 bridgehead atoms. The number of hydrogen-bond acceptors (Lipinski definition) is 5. The zero-order valence-corrected chi connectivity index (χ0v) is 10.5. The predicted octanol–water partition coefficient (Wildman–Crippen LogP) is 3.60. The highest BCUT2D eigenvalue weighted by Crippen LogP contribution is 2.37. The summed E-state index contributed by atoms with van der Waals surface area (Å²) in [7, 11) is 0. The van der Waals surface area contributed by atoms with E-state index in [1.54, 1.807) is 25.1 Å². The molecule has 0 saturated heterocycles. The number of nitro groups is 2.